The Morgan fingerprint density at radius 3 is 2.48 bits per heavy atom. The molecule has 4 rings (SSSR count). The van der Waals surface area contributed by atoms with Crippen molar-refractivity contribution >= 4 is 34.6 Å². The molecule has 0 unspecified atom stereocenters. The summed E-state index contributed by atoms with van der Waals surface area (Å²) < 4.78 is 1.88. The highest BCUT2D eigenvalue weighted by Gasteiger charge is 2.39. The second-order valence-electron chi connectivity index (χ2n) is 9.91. The minimum Gasteiger partial charge on any atom is -0.507 e. The number of hydrogen-bond donors (Lipinski definition) is 2. The molecular weight excluding hydrogens is 438 g/mol. The van der Waals surface area contributed by atoms with Gasteiger partial charge in [-0.15, -0.1) is 15.3 Å². The monoisotopic (exact) mass is 467 g/mol. The summed E-state index contributed by atoms with van der Waals surface area (Å²) in [6, 6.07) is 5.26. The third kappa shape index (κ3) is 4.63. The molecule has 1 aromatic carbocycles. The quantitative estimate of drug-likeness (QED) is 0.533. The molecule has 174 valence electrons. The molecule has 3 aromatic rings. The van der Waals surface area contributed by atoms with Crippen LogP contribution in [0.5, 0.6) is 5.75 Å². The Hall–Kier alpha value is -2.84. The van der Waals surface area contributed by atoms with Gasteiger partial charge in [0.05, 0.1) is 11.7 Å². The Balaban J connectivity index is 1.72. The molecule has 2 N–H and O–H groups in total. The molecule has 0 saturated carbocycles. The Morgan fingerprint density at radius 1 is 1.15 bits per heavy atom. The molecule has 2 aromatic heterocycles. The van der Waals surface area contributed by atoms with E-state index < -0.39 is 0 Å². The minimum absolute atomic E-state index is 0.0311. The predicted octanol–water partition coefficient (Wildman–Crippen LogP) is 4.83. The molecule has 1 saturated heterocycles. The third-order valence-electron chi connectivity index (χ3n) is 5.99. The minimum atomic E-state index is -0.0311. The first-order chi connectivity index (χ1) is 15.5. The highest BCUT2D eigenvalue weighted by atomic mass is 35.5. The van der Waals surface area contributed by atoms with Crippen LogP contribution in [0.25, 0.3) is 28.0 Å². The van der Waals surface area contributed by atoms with Crippen molar-refractivity contribution in [1.29, 1.82) is 0 Å². The van der Waals surface area contributed by atoms with Crippen LogP contribution >= 0.6 is 11.6 Å². The van der Waals surface area contributed by atoms with Gasteiger partial charge in [-0.2, -0.15) is 0 Å². The van der Waals surface area contributed by atoms with Crippen molar-refractivity contribution in [3.63, 3.8) is 0 Å². The first-order valence-corrected chi connectivity index (χ1v) is 11.4. The van der Waals surface area contributed by atoms with Gasteiger partial charge in [0.1, 0.15) is 11.3 Å². The van der Waals surface area contributed by atoms with Crippen LogP contribution in [0.4, 0.5) is 0 Å². The summed E-state index contributed by atoms with van der Waals surface area (Å²) in [5, 5.41) is 32.5. The molecule has 0 amide bonds. The molecule has 33 heavy (non-hydrogen) atoms. The lowest BCUT2D eigenvalue weighted by Crippen LogP contribution is -2.58. The number of benzene rings is 1. The van der Waals surface area contributed by atoms with E-state index >= 15 is 0 Å². The number of allylic oxidation sites excluding steroid dienone is 2. The second-order valence-corrected chi connectivity index (χ2v) is 10.3. The van der Waals surface area contributed by atoms with Crippen molar-refractivity contribution in [1.82, 2.24) is 30.5 Å². The maximum atomic E-state index is 10.7. The van der Waals surface area contributed by atoms with Gasteiger partial charge < -0.3 is 10.4 Å². The number of aromatic hydroxyl groups is 1. The number of phenols is 1. The number of fused-ring (bicyclic) bond motifs is 1. The van der Waals surface area contributed by atoms with Crippen LogP contribution in [0, 0.1) is 0 Å². The lowest BCUT2D eigenvalue weighted by Gasteiger charge is -2.46. The van der Waals surface area contributed by atoms with Crippen molar-refractivity contribution in [3.8, 4) is 17.0 Å². The van der Waals surface area contributed by atoms with Gasteiger partial charge in [0, 0.05) is 40.5 Å². The van der Waals surface area contributed by atoms with Gasteiger partial charge in [-0.1, -0.05) is 22.9 Å². The molecule has 8 nitrogen and oxygen atoms in total. The van der Waals surface area contributed by atoms with Crippen LogP contribution < -0.4 is 5.32 Å². The maximum Gasteiger partial charge on any atom is 0.201 e. The highest BCUT2D eigenvalue weighted by Crippen LogP contribution is 2.38. The van der Waals surface area contributed by atoms with E-state index in [-0.39, 0.29) is 22.9 Å². The van der Waals surface area contributed by atoms with Crippen LogP contribution in [0.15, 0.2) is 29.3 Å². The average Bonchev–Trinajstić information content (AvgIpc) is 3.14. The van der Waals surface area contributed by atoms with Gasteiger partial charge in [0.15, 0.2) is 0 Å². The summed E-state index contributed by atoms with van der Waals surface area (Å²) in [7, 11) is 1.69. The van der Waals surface area contributed by atoms with E-state index in [1.807, 2.05) is 17.7 Å². The Morgan fingerprint density at radius 2 is 1.85 bits per heavy atom. The van der Waals surface area contributed by atoms with Gasteiger partial charge in [0.25, 0.3) is 0 Å². The molecule has 0 spiro atoms. The zero-order chi connectivity index (χ0) is 24.0. The van der Waals surface area contributed by atoms with Crippen LogP contribution in [-0.4, -0.2) is 54.6 Å². The fourth-order valence-electron chi connectivity index (χ4n) is 5.00. The SMILES string of the molecule is C/C=C(\C=NC)c1cc(O)c(-c2cc3nnn(C4CC(C)(C)NC(C)(C)C4)c3nn2)cc1Cl. The van der Waals surface area contributed by atoms with Gasteiger partial charge >= 0.3 is 0 Å². The van der Waals surface area contributed by atoms with E-state index in [1.165, 1.54) is 0 Å². The zero-order valence-electron chi connectivity index (χ0n) is 19.9. The van der Waals surface area contributed by atoms with E-state index in [2.05, 4.69) is 58.5 Å². The summed E-state index contributed by atoms with van der Waals surface area (Å²) in [6.45, 7) is 10.7. The number of nitrogens with one attached hydrogen (secondary N) is 1. The highest BCUT2D eigenvalue weighted by molar-refractivity contribution is 6.34. The first-order valence-electron chi connectivity index (χ1n) is 11.0. The fourth-order valence-corrected chi connectivity index (χ4v) is 5.27. The van der Waals surface area contributed by atoms with Gasteiger partial charge in [-0.05, 0) is 71.2 Å². The largest absolute Gasteiger partial charge is 0.507 e. The maximum absolute atomic E-state index is 10.7. The summed E-state index contributed by atoms with van der Waals surface area (Å²) >= 11 is 6.54. The van der Waals surface area contributed by atoms with Gasteiger partial charge in [-0.25, -0.2) is 4.68 Å². The Labute approximate surface area is 198 Å². The van der Waals surface area contributed by atoms with Crippen molar-refractivity contribution < 1.29 is 5.11 Å². The smallest absolute Gasteiger partial charge is 0.201 e. The number of piperidine rings is 1. The molecule has 0 aliphatic carbocycles. The molecule has 1 aliphatic rings. The van der Waals surface area contributed by atoms with E-state index in [9.17, 15) is 5.11 Å². The van der Waals surface area contributed by atoms with E-state index in [1.54, 1.807) is 31.5 Å². The number of halogens is 1. The summed E-state index contributed by atoms with van der Waals surface area (Å²) in [4.78, 5) is 4.05. The molecule has 9 heteroatoms. The fraction of sp³-hybridized carbons (Fsp3) is 0.458. The predicted molar refractivity (Wildman–Crippen MR) is 133 cm³/mol. The number of hydrogen-bond acceptors (Lipinski definition) is 7. The van der Waals surface area contributed by atoms with Crippen molar-refractivity contribution in [2.24, 2.45) is 4.99 Å². The number of phenolic OH excluding ortho intramolecular Hbond substituents is 1. The summed E-state index contributed by atoms with van der Waals surface area (Å²) in [5.74, 6) is 0.0566. The zero-order valence-corrected chi connectivity index (χ0v) is 20.6. The molecule has 0 bridgehead atoms. The summed E-state index contributed by atoms with van der Waals surface area (Å²) in [6.07, 6.45) is 5.41. The first kappa shape index (κ1) is 23.3. The third-order valence-corrected chi connectivity index (χ3v) is 6.30. The number of aliphatic imine (C=N–C) groups is 1. The van der Waals surface area contributed by atoms with Gasteiger partial charge in [0.2, 0.25) is 5.65 Å². The molecular formula is C24H30ClN7O. The van der Waals surface area contributed by atoms with E-state index in [4.69, 9.17) is 11.6 Å². The van der Waals surface area contributed by atoms with E-state index in [0.29, 0.717) is 33.0 Å². The molecule has 0 atom stereocenters. The second kappa shape index (κ2) is 8.50. The molecule has 1 fully saturated rings. The Bertz CT molecular complexity index is 1240. The van der Waals surface area contributed by atoms with Crippen molar-refractivity contribution in [2.45, 2.75) is 64.6 Å². The topological polar surface area (TPSA) is 101 Å². The number of aromatic nitrogens is 5. The van der Waals surface area contributed by atoms with Crippen LogP contribution in [0.3, 0.4) is 0 Å². The molecule has 1 aliphatic heterocycles. The number of rotatable bonds is 4. The average molecular weight is 468 g/mol. The lowest BCUT2D eigenvalue weighted by atomic mass is 9.80. The molecule has 3 heterocycles. The van der Waals surface area contributed by atoms with Crippen LogP contribution in [0.1, 0.15) is 59.1 Å². The summed E-state index contributed by atoms with van der Waals surface area (Å²) in [5.41, 5.74) is 3.69. The van der Waals surface area contributed by atoms with Gasteiger partial charge in [-0.3, -0.25) is 4.99 Å². The van der Waals surface area contributed by atoms with Crippen molar-refractivity contribution in [2.75, 3.05) is 7.05 Å². The normalized spacial score (nSPS) is 18.9. The standard InChI is InChI=1S/C24H30ClN7O/c1-7-14(13-26-6)16-9-21(33)17(8-18(16)25)19-10-20-22(29-27-19)32(31-28-20)15-11-23(2,3)30-24(4,5)12-15/h7-10,13,15,30,33H,11-12H2,1-6H3/b14-7+,26-13?. The lowest BCUT2D eigenvalue weighted by molar-refractivity contribution is 0.127. The number of nitrogens with zero attached hydrogens (tertiary/aromatic N) is 6. The van der Waals surface area contributed by atoms with Crippen molar-refractivity contribution in [3.05, 3.63) is 34.9 Å². The molecule has 0 radical (unpaired) electrons. The van der Waals surface area contributed by atoms with Crippen LogP contribution in [0.2, 0.25) is 5.02 Å². The Kier molecular flexibility index (Phi) is 6.01. The van der Waals surface area contributed by atoms with Crippen LogP contribution in [-0.2, 0) is 0 Å². The van der Waals surface area contributed by atoms with E-state index in [0.717, 1.165) is 18.4 Å².